The van der Waals surface area contributed by atoms with Gasteiger partial charge in [-0.1, -0.05) is 24.3 Å². The van der Waals surface area contributed by atoms with E-state index in [9.17, 15) is 14.7 Å². The molecule has 0 spiro atoms. The van der Waals surface area contributed by atoms with Crippen LogP contribution >= 0.6 is 11.3 Å². The van der Waals surface area contributed by atoms with Crippen molar-refractivity contribution in [2.75, 3.05) is 5.32 Å². The first kappa shape index (κ1) is 17.2. The Morgan fingerprint density at radius 1 is 1.22 bits per heavy atom. The van der Waals surface area contributed by atoms with E-state index >= 15 is 0 Å². The number of aryl methyl sites for hydroxylation is 2. The fourth-order valence-corrected chi connectivity index (χ4v) is 4.22. The minimum Gasteiger partial charge on any atom is -0.507 e. The van der Waals surface area contributed by atoms with Gasteiger partial charge in [0.05, 0.1) is 16.6 Å². The van der Waals surface area contributed by atoms with Crippen LogP contribution in [0.25, 0.3) is 21.0 Å². The highest BCUT2D eigenvalue weighted by Gasteiger charge is 2.20. The van der Waals surface area contributed by atoms with Crippen molar-refractivity contribution in [1.82, 2.24) is 9.55 Å². The number of rotatable bonds is 3. The van der Waals surface area contributed by atoms with Gasteiger partial charge in [0.1, 0.15) is 10.6 Å². The highest BCUT2D eigenvalue weighted by atomic mass is 32.1. The third-order valence-corrected chi connectivity index (χ3v) is 5.81. The summed E-state index contributed by atoms with van der Waals surface area (Å²) in [6.07, 6.45) is 1.51. The number of nitrogens with one attached hydrogen (secondary N) is 1. The van der Waals surface area contributed by atoms with E-state index in [0.29, 0.717) is 38.3 Å². The lowest BCUT2D eigenvalue weighted by Crippen LogP contribution is -2.19. The third kappa shape index (κ3) is 2.76. The van der Waals surface area contributed by atoms with Gasteiger partial charge in [-0.2, -0.15) is 0 Å². The summed E-state index contributed by atoms with van der Waals surface area (Å²) in [7, 11) is 0. The molecular weight excluding hydrogens is 362 g/mol. The molecule has 0 saturated heterocycles. The topological polar surface area (TPSA) is 84.2 Å². The van der Waals surface area contributed by atoms with Crippen molar-refractivity contribution >= 4 is 43.9 Å². The molecule has 6 nitrogen and oxygen atoms in total. The number of thiophene rings is 1. The van der Waals surface area contributed by atoms with Crippen LogP contribution in [-0.2, 0) is 6.54 Å². The van der Waals surface area contributed by atoms with Crippen molar-refractivity contribution in [3.8, 4) is 5.75 Å². The Bertz CT molecular complexity index is 1260. The Kier molecular flexibility index (Phi) is 4.16. The quantitative estimate of drug-likeness (QED) is 0.565. The predicted molar refractivity (Wildman–Crippen MR) is 108 cm³/mol. The van der Waals surface area contributed by atoms with Crippen molar-refractivity contribution in [2.45, 2.75) is 20.4 Å². The monoisotopic (exact) mass is 379 g/mol. The van der Waals surface area contributed by atoms with Gasteiger partial charge in [-0.3, -0.25) is 14.2 Å². The van der Waals surface area contributed by atoms with Crippen molar-refractivity contribution in [3.05, 3.63) is 63.5 Å². The van der Waals surface area contributed by atoms with E-state index in [2.05, 4.69) is 10.3 Å². The van der Waals surface area contributed by atoms with Gasteiger partial charge in [0.2, 0.25) is 0 Å². The van der Waals surface area contributed by atoms with Gasteiger partial charge >= 0.3 is 0 Å². The van der Waals surface area contributed by atoms with Crippen molar-refractivity contribution in [3.63, 3.8) is 0 Å². The van der Waals surface area contributed by atoms with E-state index in [0.717, 1.165) is 5.39 Å². The lowest BCUT2D eigenvalue weighted by atomic mass is 10.1. The number of aromatic nitrogens is 2. The molecule has 0 saturated carbocycles. The van der Waals surface area contributed by atoms with Gasteiger partial charge < -0.3 is 10.4 Å². The fraction of sp³-hybridized carbons (Fsp3) is 0.150. The molecule has 2 aromatic heterocycles. The van der Waals surface area contributed by atoms with Crippen LogP contribution in [0.15, 0.2) is 47.5 Å². The Labute approximate surface area is 158 Å². The SMILES string of the molecule is CCn1cnc2sc(C(=O)Nc3cccc4c(O)cccc34)c(C)c2c1=O. The number of fused-ring (bicyclic) bond motifs is 2. The molecule has 27 heavy (non-hydrogen) atoms. The molecule has 2 heterocycles. The standard InChI is InChI=1S/C20H17N3O3S/c1-3-23-10-21-19-16(20(23)26)11(2)17(27-19)18(25)22-14-8-4-7-13-12(14)6-5-9-15(13)24/h4-10,24H,3H2,1-2H3,(H,22,25). The molecule has 7 heteroatoms. The van der Waals surface area contributed by atoms with E-state index in [-0.39, 0.29) is 17.2 Å². The molecule has 0 aliphatic heterocycles. The maximum Gasteiger partial charge on any atom is 0.266 e. The van der Waals surface area contributed by atoms with Crippen LogP contribution in [-0.4, -0.2) is 20.6 Å². The highest BCUT2D eigenvalue weighted by molar-refractivity contribution is 7.20. The lowest BCUT2D eigenvalue weighted by molar-refractivity contribution is 0.103. The first-order valence-electron chi connectivity index (χ1n) is 8.52. The summed E-state index contributed by atoms with van der Waals surface area (Å²) in [6.45, 7) is 4.17. The number of phenolic OH excluding ortho intramolecular Hbond substituents is 1. The van der Waals surface area contributed by atoms with Crippen molar-refractivity contribution < 1.29 is 9.90 Å². The molecule has 0 aliphatic rings. The molecule has 136 valence electrons. The number of carbonyl (C=O) groups excluding carboxylic acids is 1. The predicted octanol–water partition coefficient (Wildman–Crippen LogP) is 3.90. The zero-order valence-corrected chi connectivity index (χ0v) is 15.6. The number of anilines is 1. The van der Waals surface area contributed by atoms with Gasteiger partial charge in [-0.15, -0.1) is 11.3 Å². The summed E-state index contributed by atoms with van der Waals surface area (Å²) in [6, 6.07) is 10.5. The summed E-state index contributed by atoms with van der Waals surface area (Å²) < 4.78 is 1.53. The Balaban J connectivity index is 1.79. The molecule has 4 rings (SSSR count). The van der Waals surface area contributed by atoms with Crippen LogP contribution in [0.1, 0.15) is 22.2 Å². The Morgan fingerprint density at radius 3 is 2.74 bits per heavy atom. The molecule has 0 atom stereocenters. The number of phenols is 1. The largest absolute Gasteiger partial charge is 0.507 e. The van der Waals surface area contributed by atoms with E-state index in [1.165, 1.54) is 22.2 Å². The average molecular weight is 379 g/mol. The normalized spacial score (nSPS) is 11.2. The lowest BCUT2D eigenvalue weighted by Gasteiger charge is -2.09. The molecule has 0 bridgehead atoms. The first-order chi connectivity index (χ1) is 13.0. The molecule has 4 aromatic rings. The summed E-state index contributed by atoms with van der Waals surface area (Å²) in [5.41, 5.74) is 1.10. The second-order valence-corrected chi connectivity index (χ2v) is 7.20. The first-order valence-corrected chi connectivity index (χ1v) is 9.33. The minimum absolute atomic E-state index is 0.134. The number of nitrogens with zero attached hydrogens (tertiary/aromatic N) is 2. The van der Waals surface area contributed by atoms with Crippen molar-refractivity contribution in [2.24, 2.45) is 0 Å². The third-order valence-electron chi connectivity index (χ3n) is 4.61. The molecule has 2 aromatic carbocycles. The zero-order chi connectivity index (χ0) is 19.1. The van der Waals surface area contributed by atoms with E-state index < -0.39 is 0 Å². The molecule has 0 radical (unpaired) electrons. The van der Waals surface area contributed by atoms with Gasteiger partial charge in [0.25, 0.3) is 11.5 Å². The van der Waals surface area contributed by atoms with Crippen LogP contribution in [0.2, 0.25) is 0 Å². The summed E-state index contributed by atoms with van der Waals surface area (Å²) >= 11 is 1.21. The summed E-state index contributed by atoms with van der Waals surface area (Å²) in [5.74, 6) is -0.139. The Hall–Kier alpha value is -3.19. The fourth-order valence-electron chi connectivity index (χ4n) is 3.18. The van der Waals surface area contributed by atoms with Crippen LogP contribution in [0, 0.1) is 6.92 Å². The zero-order valence-electron chi connectivity index (χ0n) is 14.8. The molecule has 2 N–H and O–H groups in total. The van der Waals surface area contributed by atoms with E-state index in [1.807, 2.05) is 13.0 Å². The van der Waals surface area contributed by atoms with Crippen LogP contribution in [0.4, 0.5) is 5.69 Å². The number of carbonyl (C=O) groups is 1. The van der Waals surface area contributed by atoms with E-state index in [4.69, 9.17) is 0 Å². The van der Waals surface area contributed by atoms with Gasteiger partial charge in [-0.25, -0.2) is 4.98 Å². The highest BCUT2D eigenvalue weighted by Crippen LogP contribution is 2.32. The number of hydrogen-bond acceptors (Lipinski definition) is 5. The van der Waals surface area contributed by atoms with Crippen molar-refractivity contribution in [1.29, 1.82) is 0 Å². The molecule has 0 unspecified atom stereocenters. The van der Waals surface area contributed by atoms with Gasteiger partial charge in [0.15, 0.2) is 0 Å². The van der Waals surface area contributed by atoms with E-state index in [1.54, 1.807) is 37.3 Å². The number of amides is 1. The summed E-state index contributed by atoms with van der Waals surface area (Å²) in [4.78, 5) is 30.8. The van der Waals surface area contributed by atoms with Gasteiger partial charge in [-0.05, 0) is 31.5 Å². The second-order valence-electron chi connectivity index (χ2n) is 6.20. The number of aromatic hydroxyl groups is 1. The van der Waals surface area contributed by atoms with Gasteiger partial charge in [0, 0.05) is 23.0 Å². The maximum atomic E-state index is 12.9. The smallest absolute Gasteiger partial charge is 0.266 e. The molecular formula is C20H17N3O3S. The maximum absolute atomic E-state index is 12.9. The summed E-state index contributed by atoms with van der Waals surface area (Å²) in [5, 5.41) is 14.8. The van der Waals surface area contributed by atoms with Crippen LogP contribution in [0.5, 0.6) is 5.75 Å². The average Bonchev–Trinajstić information content (AvgIpc) is 3.00. The molecule has 1 amide bonds. The molecule has 0 aliphatic carbocycles. The Morgan fingerprint density at radius 2 is 1.96 bits per heavy atom. The number of benzene rings is 2. The van der Waals surface area contributed by atoms with Crippen LogP contribution in [0.3, 0.4) is 0 Å². The van der Waals surface area contributed by atoms with Crippen LogP contribution < -0.4 is 10.9 Å². The second kappa shape index (κ2) is 6.51. The number of hydrogen-bond donors (Lipinski definition) is 2. The molecule has 0 fully saturated rings. The minimum atomic E-state index is -0.297.